The Morgan fingerprint density at radius 2 is 1.90 bits per heavy atom. The van der Waals surface area contributed by atoms with Crippen molar-refractivity contribution in [3.63, 3.8) is 0 Å². The Labute approximate surface area is 173 Å². The molecule has 0 radical (unpaired) electrons. The summed E-state index contributed by atoms with van der Waals surface area (Å²) in [5, 5.41) is 15.9. The number of non-ortho nitro benzene ring substituents is 1. The molecule has 1 aromatic carbocycles. The number of ether oxygens (including phenoxy) is 1. The molecule has 0 unspecified atom stereocenters. The zero-order chi connectivity index (χ0) is 21.4. The van der Waals surface area contributed by atoms with Crippen molar-refractivity contribution in [2.75, 3.05) is 13.1 Å². The van der Waals surface area contributed by atoms with E-state index in [1.807, 2.05) is 43.8 Å². The maximum Gasteiger partial charge on any atom is 0.272 e. The van der Waals surface area contributed by atoms with Gasteiger partial charge in [-0.15, -0.1) is 0 Å². The molecule has 9 nitrogen and oxygen atoms in total. The maximum absolute atomic E-state index is 13.4. The number of nitro benzene ring substituents is 1. The highest BCUT2D eigenvalue weighted by atomic mass is 16.6. The molecule has 3 heterocycles. The van der Waals surface area contributed by atoms with Gasteiger partial charge in [0.15, 0.2) is 0 Å². The molecule has 0 saturated carbocycles. The van der Waals surface area contributed by atoms with Crippen LogP contribution < -0.4 is 0 Å². The van der Waals surface area contributed by atoms with E-state index in [1.54, 1.807) is 23.1 Å². The van der Waals surface area contributed by atoms with Gasteiger partial charge >= 0.3 is 0 Å². The van der Waals surface area contributed by atoms with Crippen LogP contribution in [0, 0.1) is 10.1 Å². The van der Waals surface area contributed by atoms with Crippen LogP contribution >= 0.6 is 0 Å². The molecule has 1 amide bonds. The van der Waals surface area contributed by atoms with Gasteiger partial charge in [0.1, 0.15) is 11.4 Å². The first-order valence-corrected chi connectivity index (χ1v) is 9.75. The minimum atomic E-state index is -0.460. The highest BCUT2D eigenvalue weighted by Crippen LogP contribution is 2.25. The summed E-state index contributed by atoms with van der Waals surface area (Å²) in [6.45, 7) is 4.82. The van der Waals surface area contributed by atoms with Crippen LogP contribution in [0.5, 0.6) is 0 Å². The van der Waals surface area contributed by atoms with Crippen molar-refractivity contribution in [2.45, 2.75) is 26.1 Å². The Balaban J connectivity index is 1.81. The molecule has 0 spiro atoms. The van der Waals surface area contributed by atoms with Crippen molar-refractivity contribution < 1.29 is 14.5 Å². The molecular weight excluding hydrogens is 386 g/mol. The molecular formula is C21H23N5O4. The van der Waals surface area contributed by atoms with Crippen LogP contribution in [0.2, 0.25) is 0 Å². The van der Waals surface area contributed by atoms with Crippen molar-refractivity contribution in [3.05, 3.63) is 64.5 Å². The number of aromatic nitrogens is 3. The Kier molecular flexibility index (Phi) is 5.13. The second-order valence-electron chi connectivity index (χ2n) is 7.58. The second kappa shape index (κ2) is 7.75. The molecule has 1 saturated heterocycles. The third-order valence-electron chi connectivity index (χ3n) is 5.13. The summed E-state index contributed by atoms with van der Waals surface area (Å²) in [4.78, 5) is 26.0. The average molecular weight is 409 g/mol. The zero-order valence-corrected chi connectivity index (χ0v) is 17.1. The molecule has 1 fully saturated rings. The average Bonchev–Trinajstić information content (AvgIpc) is 3.33. The van der Waals surface area contributed by atoms with E-state index in [2.05, 4.69) is 5.10 Å². The van der Waals surface area contributed by atoms with Crippen LogP contribution in [0.1, 0.15) is 24.3 Å². The third-order valence-corrected chi connectivity index (χ3v) is 5.13. The molecule has 0 bridgehead atoms. The van der Waals surface area contributed by atoms with E-state index in [0.29, 0.717) is 30.2 Å². The van der Waals surface area contributed by atoms with Crippen molar-refractivity contribution in [1.29, 1.82) is 0 Å². The van der Waals surface area contributed by atoms with E-state index in [-0.39, 0.29) is 23.8 Å². The van der Waals surface area contributed by atoms with E-state index in [0.717, 1.165) is 5.69 Å². The van der Waals surface area contributed by atoms with Gasteiger partial charge in [0.05, 0.1) is 28.5 Å². The molecule has 9 heteroatoms. The van der Waals surface area contributed by atoms with E-state index in [9.17, 15) is 14.9 Å². The van der Waals surface area contributed by atoms with Gasteiger partial charge in [-0.25, -0.2) is 4.68 Å². The van der Waals surface area contributed by atoms with Crippen molar-refractivity contribution >= 4 is 11.6 Å². The number of nitro groups is 1. The topological polar surface area (TPSA) is 95.4 Å². The van der Waals surface area contributed by atoms with E-state index >= 15 is 0 Å². The lowest BCUT2D eigenvalue weighted by atomic mass is 10.2. The van der Waals surface area contributed by atoms with Crippen LogP contribution in [0.3, 0.4) is 0 Å². The van der Waals surface area contributed by atoms with E-state index in [1.165, 1.54) is 16.8 Å². The molecule has 3 aromatic rings. The van der Waals surface area contributed by atoms with Crippen molar-refractivity contribution in [2.24, 2.45) is 7.05 Å². The number of carbonyl (C=O) groups is 1. The van der Waals surface area contributed by atoms with Crippen molar-refractivity contribution in [3.8, 4) is 17.1 Å². The lowest BCUT2D eigenvalue weighted by Gasteiger charge is -2.35. The largest absolute Gasteiger partial charge is 0.372 e. The number of morpholine rings is 1. The van der Waals surface area contributed by atoms with Gasteiger partial charge in [-0.1, -0.05) is 6.07 Å². The summed E-state index contributed by atoms with van der Waals surface area (Å²) in [6.07, 6.45) is 1.76. The Hall–Kier alpha value is -3.46. The molecule has 1 aliphatic rings. The lowest BCUT2D eigenvalue weighted by Crippen LogP contribution is -2.48. The summed E-state index contributed by atoms with van der Waals surface area (Å²) in [5.74, 6) is -0.184. The number of hydrogen-bond donors (Lipinski definition) is 0. The lowest BCUT2D eigenvalue weighted by molar-refractivity contribution is -0.384. The Morgan fingerprint density at radius 1 is 1.17 bits per heavy atom. The number of hydrogen-bond acceptors (Lipinski definition) is 5. The molecule has 4 rings (SSSR count). The summed E-state index contributed by atoms with van der Waals surface area (Å²) in [7, 11) is 1.90. The Bertz CT molecular complexity index is 1090. The zero-order valence-electron chi connectivity index (χ0n) is 17.1. The van der Waals surface area contributed by atoms with Gasteiger partial charge in [0.25, 0.3) is 11.6 Å². The van der Waals surface area contributed by atoms with Crippen LogP contribution in [0.4, 0.5) is 5.69 Å². The van der Waals surface area contributed by atoms with Crippen LogP contribution in [-0.2, 0) is 11.8 Å². The van der Waals surface area contributed by atoms with Gasteiger partial charge in [0.2, 0.25) is 0 Å². The minimum absolute atomic E-state index is 0.0598. The van der Waals surface area contributed by atoms with Gasteiger partial charge in [0, 0.05) is 38.5 Å². The molecule has 30 heavy (non-hydrogen) atoms. The highest BCUT2D eigenvalue weighted by molar-refractivity contribution is 5.94. The molecule has 1 aliphatic heterocycles. The fraction of sp³-hybridized carbons (Fsp3) is 0.333. The second-order valence-corrected chi connectivity index (χ2v) is 7.58. The smallest absolute Gasteiger partial charge is 0.272 e. The number of benzene rings is 1. The highest BCUT2D eigenvalue weighted by Gasteiger charge is 2.30. The number of rotatable bonds is 4. The van der Waals surface area contributed by atoms with E-state index < -0.39 is 4.92 Å². The summed E-state index contributed by atoms with van der Waals surface area (Å²) in [5.41, 5.74) is 2.22. The quantitative estimate of drug-likeness (QED) is 0.488. The first-order chi connectivity index (χ1) is 14.3. The molecule has 2 aromatic heterocycles. The number of aryl methyl sites for hydroxylation is 1. The predicted octanol–water partition coefficient (Wildman–Crippen LogP) is 3.04. The molecule has 0 N–H and O–H groups in total. The monoisotopic (exact) mass is 409 g/mol. The molecule has 2 atom stereocenters. The normalized spacial score (nSPS) is 19.1. The third kappa shape index (κ3) is 3.71. The number of amides is 1. The Morgan fingerprint density at radius 3 is 2.53 bits per heavy atom. The summed E-state index contributed by atoms with van der Waals surface area (Å²) < 4.78 is 9.14. The molecule has 0 aliphatic carbocycles. The first-order valence-electron chi connectivity index (χ1n) is 9.75. The van der Waals surface area contributed by atoms with Gasteiger partial charge in [-0.05, 0) is 38.1 Å². The summed E-state index contributed by atoms with van der Waals surface area (Å²) >= 11 is 0. The summed E-state index contributed by atoms with van der Waals surface area (Å²) in [6, 6.07) is 11.7. The molecule has 156 valence electrons. The standard InChI is InChI=1S/C21H23N5O4/c1-14-12-24(13-15(2)30-14)21(27)20-11-18(19-8-5-9-23(19)3)22-25(20)16-6-4-7-17(10-16)26(28)29/h4-11,14-15H,12-13H2,1-3H3/t14-,15-/m1/s1. The van der Waals surface area contributed by atoms with Gasteiger partial charge < -0.3 is 14.2 Å². The number of carbonyl (C=O) groups excluding carboxylic acids is 1. The van der Waals surface area contributed by atoms with Crippen LogP contribution in [0.25, 0.3) is 17.1 Å². The van der Waals surface area contributed by atoms with Gasteiger partial charge in [-0.3, -0.25) is 14.9 Å². The van der Waals surface area contributed by atoms with Crippen molar-refractivity contribution in [1.82, 2.24) is 19.2 Å². The van der Waals surface area contributed by atoms with E-state index in [4.69, 9.17) is 4.74 Å². The van der Waals surface area contributed by atoms with Gasteiger partial charge in [-0.2, -0.15) is 5.10 Å². The fourth-order valence-electron chi connectivity index (χ4n) is 3.83. The SMILES string of the molecule is C[C@@H]1CN(C(=O)c2cc(-c3cccn3C)nn2-c2cccc([N+](=O)[O-])c2)C[C@@H](C)O1. The minimum Gasteiger partial charge on any atom is -0.372 e. The number of nitrogens with zero attached hydrogens (tertiary/aromatic N) is 5. The maximum atomic E-state index is 13.4. The fourth-order valence-corrected chi connectivity index (χ4v) is 3.83. The predicted molar refractivity (Wildman–Crippen MR) is 111 cm³/mol. The van der Waals surface area contributed by atoms with Crippen LogP contribution in [0.15, 0.2) is 48.7 Å². The first kappa shape index (κ1) is 19.8. The van der Waals surface area contributed by atoms with Crippen LogP contribution in [-0.4, -0.2) is 55.4 Å².